The lowest BCUT2D eigenvalue weighted by Crippen LogP contribution is -0.713. The van der Waals surface area contributed by atoms with Gasteiger partial charge in [0.15, 0.2) is 0 Å². The lowest BCUT2D eigenvalue weighted by Gasteiger charge is -1.20. The Morgan fingerprint density at radius 2 is 1.75 bits per heavy atom. The highest BCUT2D eigenvalue weighted by Gasteiger charge is 1.28. The van der Waals surface area contributed by atoms with Crippen molar-refractivity contribution in [2.45, 2.75) is 0 Å². The summed E-state index contributed by atoms with van der Waals surface area (Å²) in [5, 5.41) is 0. The molecule has 0 amide bonds. The predicted octanol–water partition coefficient (Wildman–Crippen LogP) is 0.913. The summed E-state index contributed by atoms with van der Waals surface area (Å²) in [6.07, 6.45) is 0. The Balaban J connectivity index is 0. The van der Waals surface area contributed by atoms with Crippen LogP contribution < -0.4 is 0 Å². The summed E-state index contributed by atoms with van der Waals surface area (Å²) in [7, 11) is -0.139. The van der Waals surface area contributed by atoms with Crippen molar-refractivity contribution in [2.75, 3.05) is 0 Å². The van der Waals surface area contributed by atoms with Crippen molar-refractivity contribution in [2.24, 2.45) is 0 Å². The van der Waals surface area contributed by atoms with E-state index in [1.165, 1.54) is 0 Å². The Morgan fingerprint density at radius 1 is 1.75 bits per heavy atom. The first-order chi connectivity index (χ1) is 1.41. The van der Waals surface area contributed by atoms with E-state index in [-0.39, 0.29) is 17.6 Å². The van der Waals surface area contributed by atoms with E-state index < -0.39 is 0 Å². The van der Waals surface area contributed by atoms with E-state index in [9.17, 15) is 0 Å². The molecule has 0 aromatic carbocycles. The Hall–Kier alpha value is 0.880. The molecule has 0 saturated heterocycles. The lowest BCUT2D eigenvalue weighted by atomic mass is 16.0. The van der Waals surface area contributed by atoms with Gasteiger partial charge in [-0.1, -0.05) is 12.2 Å². The van der Waals surface area contributed by atoms with Gasteiger partial charge < -0.3 is 0 Å². The van der Waals surface area contributed by atoms with Crippen molar-refractivity contribution >= 4 is 29.8 Å². The maximum atomic E-state index is 8.77. The number of rotatable bonds is 0. The molecule has 0 rings (SSSR count). The molecule has 4 heavy (non-hydrogen) atoms. The molecule has 0 aromatic rings. The summed E-state index contributed by atoms with van der Waals surface area (Å²) in [5.41, 5.74) is 0. The second-order valence-corrected chi connectivity index (χ2v) is 0.735. The molecule has 4 heteroatoms. The minimum absolute atomic E-state index is 0. The fourth-order valence-electron chi connectivity index (χ4n) is 0. The zero-order chi connectivity index (χ0) is 2.71. The minimum atomic E-state index is -0.139. The van der Waals surface area contributed by atoms with Crippen molar-refractivity contribution in [3.05, 3.63) is 0 Å². The highest BCUT2D eigenvalue weighted by Crippen LogP contribution is 1.90. The molecule has 1 unspecified atom stereocenters. The van der Waals surface area contributed by atoms with Crippen LogP contribution in [-0.4, -0.2) is 0 Å². The maximum absolute atomic E-state index is 8.77. The highest BCUT2D eigenvalue weighted by atomic mass is 32.7. The molecule has 0 radical (unpaired) electrons. The van der Waals surface area contributed by atoms with Crippen molar-refractivity contribution in [3.63, 3.8) is 0 Å². The third-order valence-corrected chi connectivity index (χ3v) is 0. The summed E-state index contributed by atoms with van der Waals surface area (Å²) in [6.45, 7) is 0. The second kappa shape index (κ2) is 9.11. The van der Waals surface area contributed by atoms with Gasteiger partial charge in [0, 0.05) is 0 Å². The molecule has 0 fully saturated rings. The average Bonchev–Trinajstić information content (AvgIpc) is 0.918. The van der Waals surface area contributed by atoms with E-state index >= 15 is 0 Å². The van der Waals surface area contributed by atoms with Crippen molar-refractivity contribution < 1.29 is 4.57 Å². The van der Waals surface area contributed by atoms with Gasteiger partial charge in [-0.2, -0.15) is 0 Å². The largest absolute Gasteiger partial charge is 0.262 e. The van der Waals surface area contributed by atoms with Crippen LogP contribution in [0.15, 0.2) is 0 Å². The molecule has 1 nitrogen and oxygen atoms in total. The number of hydrogen-bond acceptors (Lipinski definition) is 1. The van der Waals surface area contributed by atoms with Gasteiger partial charge in [0.05, 0.1) is 0 Å². The van der Waals surface area contributed by atoms with E-state index in [2.05, 4.69) is 12.2 Å². The SMILES string of the molecule is O=PS.[PH4+]. The summed E-state index contributed by atoms with van der Waals surface area (Å²) < 4.78 is 8.77. The first-order valence-electron chi connectivity index (χ1n) is 0.383. The molecular formula is H5OP2S+. The van der Waals surface area contributed by atoms with Crippen LogP contribution in [0.25, 0.3) is 0 Å². The lowest BCUT2D eigenvalue weighted by molar-refractivity contribution is 0.606. The Bertz CT molecular complexity index is 13.5. The van der Waals surface area contributed by atoms with E-state index in [4.69, 9.17) is 4.57 Å². The molecule has 1 atom stereocenters. The van der Waals surface area contributed by atoms with Crippen molar-refractivity contribution in [3.8, 4) is 0 Å². The van der Waals surface area contributed by atoms with Crippen molar-refractivity contribution in [1.82, 2.24) is 0 Å². The van der Waals surface area contributed by atoms with Gasteiger partial charge in [0.2, 0.25) is 7.66 Å². The molecule has 0 aliphatic rings. The normalized spacial score (nSPS) is 5.25. The Kier molecular flexibility index (Phi) is 20.2. The van der Waals surface area contributed by atoms with Crippen LogP contribution in [-0.2, 0) is 4.57 Å². The van der Waals surface area contributed by atoms with E-state index in [0.29, 0.717) is 0 Å². The van der Waals surface area contributed by atoms with Gasteiger partial charge in [-0.3, -0.25) is 4.57 Å². The molecule has 0 N–H and O–H groups in total. The van der Waals surface area contributed by atoms with Crippen LogP contribution in [0.1, 0.15) is 0 Å². The summed E-state index contributed by atoms with van der Waals surface area (Å²) in [5.74, 6) is 0. The van der Waals surface area contributed by atoms with Crippen LogP contribution in [0.3, 0.4) is 0 Å². The highest BCUT2D eigenvalue weighted by molar-refractivity contribution is 8.33. The molecule has 0 spiro atoms. The summed E-state index contributed by atoms with van der Waals surface area (Å²) in [4.78, 5) is 0. The standard InChI is InChI=1S/HOPS.H3P/c1-2-3;/h(H,1,3);1H3/p+1. The smallest absolute Gasteiger partial charge is 0.223 e. The van der Waals surface area contributed by atoms with Gasteiger partial charge in [-0.15, -0.1) is 0 Å². The van der Waals surface area contributed by atoms with Crippen LogP contribution in [0.5, 0.6) is 0 Å². The first kappa shape index (κ1) is 8.86. The molecule has 0 aromatic heterocycles. The van der Waals surface area contributed by atoms with Gasteiger partial charge in [-0.25, -0.2) is 0 Å². The quantitative estimate of drug-likeness (QED) is 0.367. The fourth-order valence-corrected chi connectivity index (χ4v) is 0. The van der Waals surface area contributed by atoms with Crippen molar-refractivity contribution in [1.29, 1.82) is 0 Å². The first-order valence-corrected chi connectivity index (χ1v) is 2.35. The average molecular weight is 115 g/mol. The molecule has 0 heterocycles. The molecule has 0 aliphatic carbocycles. The summed E-state index contributed by atoms with van der Waals surface area (Å²) in [6, 6.07) is 0. The van der Waals surface area contributed by atoms with Crippen LogP contribution in [0.4, 0.5) is 0 Å². The zero-order valence-corrected chi connectivity index (χ0v) is 6.09. The molecule has 0 aliphatic heterocycles. The molecule has 0 bridgehead atoms. The maximum Gasteiger partial charge on any atom is 0.223 e. The van der Waals surface area contributed by atoms with Crippen LogP contribution in [0, 0.1) is 0 Å². The van der Waals surface area contributed by atoms with E-state index in [1.807, 2.05) is 0 Å². The van der Waals surface area contributed by atoms with E-state index in [1.54, 1.807) is 0 Å². The summed E-state index contributed by atoms with van der Waals surface area (Å²) >= 11 is 3.21. The monoisotopic (exact) mass is 115 g/mol. The topological polar surface area (TPSA) is 17.1 Å². The van der Waals surface area contributed by atoms with E-state index in [0.717, 1.165) is 0 Å². The van der Waals surface area contributed by atoms with Gasteiger partial charge >= 0.3 is 0 Å². The predicted molar refractivity (Wildman–Crippen MR) is 29.1 cm³/mol. The number of thiol groups is 1. The second-order valence-electron chi connectivity index (χ2n) is 0.0816. The molecular weight excluding hydrogens is 110 g/mol. The minimum Gasteiger partial charge on any atom is -0.262 e. The fraction of sp³-hybridized carbons (Fsp3) is 0. The van der Waals surface area contributed by atoms with Gasteiger partial charge in [-0.05, 0) is 9.90 Å². The zero-order valence-electron chi connectivity index (χ0n) is 2.30. The molecule has 0 saturated carbocycles. The Labute approximate surface area is 35.1 Å². The Morgan fingerprint density at radius 3 is 1.75 bits per heavy atom. The van der Waals surface area contributed by atoms with Gasteiger partial charge in [0.1, 0.15) is 0 Å². The van der Waals surface area contributed by atoms with Crippen LogP contribution >= 0.6 is 29.8 Å². The third-order valence-electron chi connectivity index (χ3n) is 0. The van der Waals surface area contributed by atoms with Gasteiger partial charge in [0.25, 0.3) is 0 Å². The number of hydrogen-bond donors (Lipinski definition) is 1. The third kappa shape index (κ3) is 13.1. The van der Waals surface area contributed by atoms with Crippen LogP contribution in [0.2, 0.25) is 0 Å². The molecule has 26 valence electrons.